The molecule has 196 valence electrons. The second-order valence-corrected chi connectivity index (χ2v) is 10.0. The molecule has 4 rings (SSSR count). The van der Waals surface area contributed by atoms with Crippen molar-refractivity contribution in [1.82, 2.24) is 14.8 Å². The third-order valence-corrected chi connectivity index (χ3v) is 7.37. The van der Waals surface area contributed by atoms with Crippen molar-refractivity contribution in [2.24, 2.45) is 5.73 Å². The van der Waals surface area contributed by atoms with E-state index >= 15 is 0 Å². The van der Waals surface area contributed by atoms with E-state index in [4.69, 9.17) is 15.5 Å². The highest BCUT2D eigenvalue weighted by Crippen LogP contribution is 2.37. The Hall–Kier alpha value is -3.42. The van der Waals surface area contributed by atoms with Crippen molar-refractivity contribution in [3.05, 3.63) is 70.4 Å². The Morgan fingerprint density at radius 2 is 1.86 bits per heavy atom. The summed E-state index contributed by atoms with van der Waals surface area (Å²) in [6, 6.07) is 13.6. The number of nitrogens with two attached hydrogens (primary N) is 1. The smallest absolute Gasteiger partial charge is 0.252 e. The molecule has 0 bridgehead atoms. The molecule has 7 nitrogen and oxygen atoms in total. The lowest BCUT2D eigenvalue weighted by Gasteiger charge is -2.23. The van der Waals surface area contributed by atoms with Gasteiger partial charge >= 0.3 is 0 Å². The van der Waals surface area contributed by atoms with Gasteiger partial charge in [-0.1, -0.05) is 32.0 Å². The Bertz CT molecular complexity index is 1270. The molecule has 3 N–H and O–H groups in total. The number of rotatable bonds is 9. The molecule has 1 aromatic heterocycles. The molecule has 1 amide bonds. The minimum Gasteiger partial charge on any atom is -0.507 e. The number of pyridine rings is 1. The number of nitrogens with zero attached hydrogens (tertiary/aromatic N) is 3. The van der Waals surface area contributed by atoms with Crippen molar-refractivity contribution < 1.29 is 14.6 Å². The van der Waals surface area contributed by atoms with Crippen molar-refractivity contribution in [2.45, 2.75) is 52.6 Å². The molecule has 0 spiro atoms. The lowest BCUT2D eigenvalue weighted by molar-refractivity contribution is 0.0997. The van der Waals surface area contributed by atoms with Gasteiger partial charge in [0.15, 0.2) is 0 Å². The van der Waals surface area contributed by atoms with Gasteiger partial charge in [-0.15, -0.1) is 0 Å². The Labute approximate surface area is 219 Å². The monoisotopic (exact) mass is 502 g/mol. The number of carbonyl (C=O) groups excluding carboxylic acids is 1. The average Bonchev–Trinajstić information content (AvgIpc) is 3.34. The molecule has 1 aliphatic rings. The van der Waals surface area contributed by atoms with Gasteiger partial charge in [0.1, 0.15) is 17.2 Å². The number of hydrogen-bond acceptors (Lipinski definition) is 6. The van der Waals surface area contributed by atoms with Crippen molar-refractivity contribution in [2.75, 3.05) is 27.2 Å². The molecule has 1 atom stereocenters. The van der Waals surface area contributed by atoms with E-state index in [0.29, 0.717) is 17.5 Å². The number of likely N-dealkylation sites (tertiary alicyclic amines) is 1. The van der Waals surface area contributed by atoms with E-state index in [-0.39, 0.29) is 11.3 Å². The first-order valence-corrected chi connectivity index (χ1v) is 13.0. The molecule has 1 aliphatic heterocycles. The summed E-state index contributed by atoms with van der Waals surface area (Å²) < 4.78 is 6.41. The van der Waals surface area contributed by atoms with Crippen LogP contribution < -0.4 is 10.5 Å². The van der Waals surface area contributed by atoms with Crippen LogP contribution in [0.2, 0.25) is 0 Å². The molecular formula is C30H38N4O3. The SMILES string of the molecule is CCc1cccc(CC)c1-c1cc(Oc2ccc(C(N)=O)c(O)c2)c(CN2CCC(N(C)C)C2)c(C)n1. The van der Waals surface area contributed by atoms with Crippen LogP contribution in [0.3, 0.4) is 0 Å². The van der Waals surface area contributed by atoms with Crippen LogP contribution in [0, 0.1) is 6.92 Å². The van der Waals surface area contributed by atoms with E-state index in [1.165, 1.54) is 23.3 Å². The Morgan fingerprint density at radius 1 is 1.16 bits per heavy atom. The molecule has 0 saturated carbocycles. The number of aromatic hydroxyl groups is 1. The third-order valence-electron chi connectivity index (χ3n) is 7.37. The largest absolute Gasteiger partial charge is 0.507 e. The second kappa shape index (κ2) is 11.3. The maximum Gasteiger partial charge on any atom is 0.252 e. The van der Waals surface area contributed by atoms with Crippen LogP contribution >= 0.6 is 0 Å². The van der Waals surface area contributed by atoms with E-state index in [1.807, 2.05) is 13.0 Å². The highest BCUT2D eigenvalue weighted by molar-refractivity contribution is 5.95. The van der Waals surface area contributed by atoms with Crippen LogP contribution in [-0.4, -0.2) is 59.0 Å². The molecule has 2 aromatic carbocycles. The van der Waals surface area contributed by atoms with E-state index in [2.05, 4.69) is 55.9 Å². The number of aromatic nitrogens is 1. The van der Waals surface area contributed by atoms with Crippen molar-refractivity contribution in [1.29, 1.82) is 0 Å². The highest BCUT2D eigenvalue weighted by Gasteiger charge is 2.26. The summed E-state index contributed by atoms with van der Waals surface area (Å²) in [5.74, 6) is 0.261. The fourth-order valence-corrected chi connectivity index (χ4v) is 5.16. The van der Waals surface area contributed by atoms with Crippen LogP contribution in [0.25, 0.3) is 11.3 Å². The predicted octanol–water partition coefficient (Wildman–Crippen LogP) is 4.91. The summed E-state index contributed by atoms with van der Waals surface area (Å²) in [6.07, 6.45) is 2.94. The van der Waals surface area contributed by atoms with Crippen LogP contribution in [0.4, 0.5) is 0 Å². The minimum atomic E-state index is -0.681. The molecule has 0 aliphatic carbocycles. The highest BCUT2D eigenvalue weighted by atomic mass is 16.5. The van der Waals surface area contributed by atoms with Crippen molar-refractivity contribution in [3.63, 3.8) is 0 Å². The quantitative estimate of drug-likeness (QED) is 0.432. The molecule has 1 fully saturated rings. The predicted molar refractivity (Wildman–Crippen MR) is 147 cm³/mol. The van der Waals surface area contributed by atoms with Gasteiger partial charge in [-0.25, -0.2) is 0 Å². The fraction of sp³-hybridized carbons (Fsp3) is 0.400. The van der Waals surface area contributed by atoms with Crippen molar-refractivity contribution >= 4 is 5.91 Å². The summed E-state index contributed by atoms with van der Waals surface area (Å²) in [5, 5.41) is 10.3. The van der Waals surface area contributed by atoms with Gasteiger partial charge in [0.2, 0.25) is 0 Å². The summed E-state index contributed by atoms with van der Waals surface area (Å²) in [4.78, 5) is 21.4. The number of amides is 1. The normalized spacial score (nSPS) is 15.9. The molecule has 3 aromatic rings. The minimum absolute atomic E-state index is 0.0652. The summed E-state index contributed by atoms with van der Waals surface area (Å²) in [7, 11) is 4.26. The number of primary amides is 1. The number of aryl methyl sites for hydroxylation is 3. The van der Waals surface area contributed by atoms with Crippen LogP contribution in [0.15, 0.2) is 42.5 Å². The molecule has 1 saturated heterocycles. The lowest BCUT2D eigenvalue weighted by atomic mass is 9.94. The number of phenols is 1. The standard InChI is InChI=1S/C30H38N4O3/c1-6-20-9-8-10-21(7-2)29(20)26-16-28(37-23-11-12-24(30(31)36)27(35)15-23)25(19(3)32-26)18-34-14-13-22(17-34)33(4)5/h8-12,15-16,22,35H,6-7,13-14,17-18H2,1-5H3,(H2,31,36). The van der Waals surface area contributed by atoms with Gasteiger partial charge < -0.3 is 20.5 Å². The number of benzene rings is 2. The average molecular weight is 503 g/mol. The topological polar surface area (TPSA) is 91.9 Å². The molecule has 1 unspecified atom stereocenters. The van der Waals surface area contributed by atoms with Gasteiger partial charge in [-0.2, -0.15) is 0 Å². The van der Waals surface area contributed by atoms with E-state index in [0.717, 1.165) is 61.4 Å². The molecule has 0 radical (unpaired) electrons. The number of hydrogen-bond donors (Lipinski definition) is 2. The van der Waals surface area contributed by atoms with Gasteiger partial charge in [0.25, 0.3) is 5.91 Å². The lowest BCUT2D eigenvalue weighted by Crippen LogP contribution is -2.31. The number of likely N-dealkylation sites (N-methyl/N-ethyl adjacent to an activating group) is 1. The third kappa shape index (κ3) is 5.78. The molecule has 2 heterocycles. The zero-order chi connectivity index (χ0) is 26.7. The zero-order valence-corrected chi connectivity index (χ0v) is 22.5. The van der Waals surface area contributed by atoms with Crippen molar-refractivity contribution in [3.8, 4) is 28.5 Å². The van der Waals surface area contributed by atoms with Gasteiger partial charge in [0.05, 0.1) is 11.3 Å². The number of ether oxygens (including phenoxy) is 1. The van der Waals surface area contributed by atoms with E-state index < -0.39 is 5.91 Å². The van der Waals surface area contributed by atoms with E-state index in [1.54, 1.807) is 6.07 Å². The fourth-order valence-electron chi connectivity index (χ4n) is 5.16. The first-order valence-electron chi connectivity index (χ1n) is 13.0. The zero-order valence-electron chi connectivity index (χ0n) is 22.5. The first kappa shape index (κ1) is 26.6. The van der Waals surface area contributed by atoms with E-state index in [9.17, 15) is 9.90 Å². The maximum atomic E-state index is 11.6. The number of carbonyl (C=O) groups is 1. The molecule has 37 heavy (non-hydrogen) atoms. The Kier molecular flexibility index (Phi) is 8.15. The van der Waals surface area contributed by atoms with Crippen LogP contribution in [0.1, 0.15) is 53.0 Å². The van der Waals surface area contributed by atoms with Crippen LogP contribution in [0.5, 0.6) is 17.2 Å². The second-order valence-electron chi connectivity index (χ2n) is 10.0. The first-order chi connectivity index (χ1) is 17.7. The molecular weight excluding hydrogens is 464 g/mol. The Balaban J connectivity index is 1.79. The maximum absolute atomic E-state index is 11.6. The van der Waals surface area contributed by atoms with Gasteiger partial charge in [-0.05, 0) is 63.5 Å². The Morgan fingerprint density at radius 3 is 2.43 bits per heavy atom. The van der Waals surface area contributed by atoms with Gasteiger partial charge in [0, 0.05) is 54.6 Å². The molecule has 7 heteroatoms. The van der Waals surface area contributed by atoms with Crippen LogP contribution in [-0.2, 0) is 19.4 Å². The summed E-state index contributed by atoms with van der Waals surface area (Å²) in [6.45, 7) is 9.08. The van der Waals surface area contributed by atoms with Gasteiger partial charge in [-0.3, -0.25) is 14.7 Å². The summed E-state index contributed by atoms with van der Waals surface area (Å²) >= 11 is 0. The summed E-state index contributed by atoms with van der Waals surface area (Å²) in [5.41, 5.74) is 11.9.